The van der Waals surface area contributed by atoms with Crippen LogP contribution < -0.4 is 0 Å². The minimum Gasteiger partial charge on any atom is -0.362 e. The third kappa shape index (κ3) is 2.88. The molecule has 5 nitrogen and oxygen atoms in total. The number of aryl methyl sites for hydroxylation is 2. The van der Waals surface area contributed by atoms with Gasteiger partial charge < -0.3 is 4.74 Å². The minimum atomic E-state index is -0.463. The summed E-state index contributed by atoms with van der Waals surface area (Å²) < 4.78 is 4.80. The Kier molecular flexibility index (Phi) is 3.76. The molecule has 1 saturated heterocycles. The van der Waals surface area contributed by atoms with Gasteiger partial charge in [0.15, 0.2) is 5.78 Å². The van der Waals surface area contributed by atoms with Crippen LogP contribution in [0.15, 0.2) is 18.2 Å². The smallest absolute Gasteiger partial charge is 0.255 e. The van der Waals surface area contributed by atoms with Crippen molar-refractivity contribution < 1.29 is 19.1 Å². The second-order valence-electron chi connectivity index (χ2n) is 4.61. The van der Waals surface area contributed by atoms with E-state index in [1.165, 1.54) is 0 Å². The van der Waals surface area contributed by atoms with Crippen molar-refractivity contribution >= 4 is 17.6 Å². The van der Waals surface area contributed by atoms with Crippen molar-refractivity contribution in [2.75, 3.05) is 19.8 Å². The maximum atomic E-state index is 12.2. The van der Waals surface area contributed by atoms with E-state index in [2.05, 4.69) is 0 Å². The van der Waals surface area contributed by atoms with E-state index >= 15 is 0 Å². The summed E-state index contributed by atoms with van der Waals surface area (Å²) in [4.78, 5) is 36.3. The lowest BCUT2D eigenvalue weighted by atomic mass is 10.0. The highest BCUT2D eigenvalue weighted by Gasteiger charge is 2.29. The van der Waals surface area contributed by atoms with Crippen molar-refractivity contribution in [2.24, 2.45) is 0 Å². The molecule has 0 unspecified atom stereocenters. The number of Topliss-reactive ketones (excluding diaryl/α,β-unsaturated/α-hetero) is 1. The van der Waals surface area contributed by atoms with E-state index in [4.69, 9.17) is 4.74 Å². The molecule has 0 atom stereocenters. The van der Waals surface area contributed by atoms with E-state index in [-0.39, 0.29) is 25.5 Å². The number of carbonyl (C=O) groups is 3. The van der Waals surface area contributed by atoms with Crippen LogP contribution in [0.25, 0.3) is 0 Å². The number of hydrogen-bond donors (Lipinski definition) is 0. The van der Waals surface area contributed by atoms with Gasteiger partial charge in [-0.2, -0.15) is 0 Å². The van der Waals surface area contributed by atoms with Gasteiger partial charge in [-0.25, -0.2) is 0 Å². The first-order valence-electron chi connectivity index (χ1n) is 6.00. The Morgan fingerprint density at radius 3 is 2.47 bits per heavy atom. The van der Waals surface area contributed by atoms with Crippen LogP contribution in [0.2, 0.25) is 0 Å². The number of ketones is 1. The fourth-order valence-electron chi connectivity index (χ4n) is 1.96. The first kappa shape index (κ1) is 13.4. The van der Waals surface area contributed by atoms with Crippen LogP contribution >= 0.6 is 0 Å². The Bertz CT molecular complexity index is 534. The molecule has 0 spiro atoms. The normalized spacial score (nSPS) is 15.8. The lowest BCUT2D eigenvalue weighted by Gasteiger charge is -2.24. The molecule has 1 heterocycles. The van der Waals surface area contributed by atoms with Crippen LogP contribution in [-0.4, -0.2) is 42.3 Å². The van der Waals surface area contributed by atoms with Crippen molar-refractivity contribution in [1.29, 1.82) is 0 Å². The number of benzene rings is 1. The molecule has 5 heteroatoms. The summed E-state index contributed by atoms with van der Waals surface area (Å²) >= 11 is 0. The quantitative estimate of drug-likeness (QED) is 0.598. The molecular formula is C14H15NO4. The van der Waals surface area contributed by atoms with Gasteiger partial charge in [0.1, 0.15) is 13.2 Å². The lowest BCUT2D eigenvalue weighted by Crippen LogP contribution is -2.48. The molecule has 0 bridgehead atoms. The summed E-state index contributed by atoms with van der Waals surface area (Å²) in [5.74, 6) is -1.16. The Morgan fingerprint density at radius 1 is 1.21 bits per heavy atom. The number of amides is 2. The first-order chi connectivity index (χ1) is 8.99. The molecule has 1 fully saturated rings. The molecule has 0 N–H and O–H groups in total. The average Bonchev–Trinajstić information content (AvgIpc) is 2.37. The molecule has 2 amide bonds. The summed E-state index contributed by atoms with van der Waals surface area (Å²) in [6, 6.07) is 5.54. The van der Waals surface area contributed by atoms with E-state index in [9.17, 15) is 14.4 Å². The predicted octanol–water partition coefficient (Wildman–Crippen LogP) is 0.872. The van der Waals surface area contributed by atoms with E-state index in [1.807, 2.05) is 26.0 Å². The van der Waals surface area contributed by atoms with Crippen LogP contribution in [-0.2, 0) is 14.3 Å². The number of ether oxygens (including phenoxy) is 1. The summed E-state index contributed by atoms with van der Waals surface area (Å²) in [5, 5.41) is 0. The minimum absolute atomic E-state index is 0.147. The van der Waals surface area contributed by atoms with Crippen LogP contribution in [0.4, 0.5) is 0 Å². The molecule has 2 rings (SSSR count). The van der Waals surface area contributed by atoms with Gasteiger partial charge in [0.25, 0.3) is 11.8 Å². The fraction of sp³-hybridized carbons (Fsp3) is 0.357. The van der Waals surface area contributed by atoms with E-state index in [1.54, 1.807) is 6.07 Å². The molecule has 0 saturated carbocycles. The highest BCUT2D eigenvalue weighted by atomic mass is 16.5. The van der Waals surface area contributed by atoms with Crippen molar-refractivity contribution in [1.82, 2.24) is 4.90 Å². The second-order valence-corrected chi connectivity index (χ2v) is 4.61. The third-order valence-corrected chi connectivity index (χ3v) is 3.05. The number of hydrogen-bond acceptors (Lipinski definition) is 4. The summed E-state index contributed by atoms with van der Waals surface area (Å²) in [7, 11) is 0. The zero-order chi connectivity index (χ0) is 14.0. The molecule has 1 aromatic carbocycles. The average molecular weight is 261 g/mol. The number of imide groups is 1. The van der Waals surface area contributed by atoms with Gasteiger partial charge in [-0.3, -0.25) is 19.3 Å². The third-order valence-electron chi connectivity index (χ3n) is 3.05. The van der Waals surface area contributed by atoms with Crippen molar-refractivity contribution in [3.63, 3.8) is 0 Å². The van der Waals surface area contributed by atoms with E-state index in [0.717, 1.165) is 16.0 Å². The maximum absolute atomic E-state index is 12.2. The Morgan fingerprint density at radius 2 is 1.84 bits per heavy atom. The molecule has 100 valence electrons. The van der Waals surface area contributed by atoms with Crippen LogP contribution in [0.3, 0.4) is 0 Å². The maximum Gasteiger partial charge on any atom is 0.255 e. The Labute approximate surface area is 111 Å². The predicted molar refractivity (Wildman–Crippen MR) is 67.8 cm³/mol. The largest absolute Gasteiger partial charge is 0.362 e. The lowest BCUT2D eigenvalue weighted by molar-refractivity contribution is -0.157. The zero-order valence-electron chi connectivity index (χ0n) is 10.9. The number of rotatable bonds is 3. The number of morpholine rings is 1. The van der Waals surface area contributed by atoms with Gasteiger partial charge >= 0.3 is 0 Å². The van der Waals surface area contributed by atoms with Gasteiger partial charge in [-0.1, -0.05) is 17.7 Å². The molecule has 1 aromatic rings. The van der Waals surface area contributed by atoms with E-state index < -0.39 is 11.8 Å². The standard InChI is InChI=1S/C14H15NO4/c1-9-3-4-10(2)11(5-9)12(16)6-15-13(17)7-19-8-14(15)18/h3-5H,6-8H2,1-2H3. The molecule has 1 aliphatic rings. The Hall–Kier alpha value is -2.01. The van der Waals surface area contributed by atoms with Crippen LogP contribution in [0, 0.1) is 13.8 Å². The fourth-order valence-corrected chi connectivity index (χ4v) is 1.96. The van der Waals surface area contributed by atoms with Gasteiger partial charge in [0.05, 0.1) is 6.54 Å². The van der Waals surface area contributed by atoms with Crippen molar-refractivity contribution in [2.45, 2.75) is 13.8 Å². The van der Waals surface area contributed by atoms with E-state index in [0.29, 0.717) is 5.56 Å². The number of nitrogens with zero attached hydrogens (tertiary/aromatic N) is 1. The molecular weight excluding hydrogens is 246 g/mol. The van der Waals surface area contributed by atoms with Crippen LogP contribution in [0.1, 0.15) is 21.5 Å². The molecule has 0 aromatic heterocycles. The topological polar surface area (TPSA) is 63.7 Å². The monoisotopic (exact) mass is 261 g/mol. The highest BCUT2D eigenvalue weighted by molar-refractivity contribution is 6.06. The van der Waals surface area contributed by atoms with Crippen molar-refractivity contribution in [3.05, 3.63) is 34.9 Å². The van der Waals surface area contributed by atoms with Crippen molar-refractivity contribution in [3.8, 4) is 0 Å². The van der Waals surface area contributed by atoms with Crippen LogP contribution in [0.5, 0.6) is 0 Å². The summed E-state index contributed by atoms with van der Waals surface area (Å²) in [6.07, 6.45) is 0. The van der Waals surface area contributed by atoms with Gasteiger partial charge in [-0.05, 0) is 25.5 Å². The summed E-state index contributed by atoms with van der Waals surface area (Å²) in [6.45, 7) is 3.21. The first-order valence-corrected chi connectivity index (χ1v) is 6.00. The zero-order valence-corrected chi connectivity index (χ0v) is 10.9. The molecule has 1 aliphatic heterocycles. The highest BCUT2D eigenvalue weighted by Crippen LogP contribution is 2.13. The second kappa shape index (κ2) is 5.32. The number of carbonyl (C=O) groups excluding carboxylic acids is 3. The molecule has 0 aliphatic carbocycles. The molecule has 19 heavy (non-hydrogen) atoms. The SMILES string of the molecule is Cc1ccc(C)c(C(=O)CN2C(=O)COCC2=O)c1. The van der Waals surface area contributed by atoms with Gasteiger partial charge in [0, 0.05) is 5.56 Å². The van der Waals surface area contributed by atoms with Gasteiger partial charge in [-0.15, -0.1) is 0 Å². The Balaban J connectivity index is 2.18. The van der Waals surface area contributed by atoms with Gasteiger partial charge in [0.2, 0.25) is 0 Å². The summed E-state index contributed by atoms with van der Waals surface area (Å²) in [5.41, 5.74) is 2.35. The molecule has 0 radical (unpaired) electrons.